The van der Waals surface area contributed by atoms with E-state index in [9.17, 15) is 13.2 Å². The molecule has 11 rings (SSSR count). The van der Waals surface area contributed by atoms with Gasteiger partial charge < -0.3 is 28.6 Å². The fourth-order valence-electron chi connectivity index (χ4n) is 12.9. The van der Waals surface area contributed by atoms with E-state index >= 15 is 0 Å². The summed E-state index contributed by atoms with van der Waals surface area (Å²) in [5.41, 5.74) is -0.698. The maximum atomic E-state index is 14.5. The summed E-state index contributed by atoms with van der Waals surface area (Å²) in [6.07, 6.45) is 6.22. The molecule has 10 fully saturated rings. The molecular formula is C44H65NO12S. The number of fused-ring (bicyclic) bond motifs is 4. The summed E-state index contributed by atoms with van der Waals surface area (Å²) in [5, 5.41) is 0. The van der Waals surface area contributed by atoms with E-state index in [-0.39, 0.29) is 70.9 Å². The van der Waals surface area contributed by atoms with E-state index in [1.807, 2.05) is 13.8 Å². The van der Waals surface area contributed by atoms with Crippen LogP contribution in [0, 0.1) is 53.3 Å². The second-order valence-electron chi connectivity index (χ2n) is 20.1. The number of hydrogen-bond acceptors (Lipinski definition) is 12. The first-order valence-corrected chi connectivity index (χ1v) is 23.7. The van der Waals surface area contributed by atoms with Crippen molar-refractivity contribution in [3.05, 3.63) is 29.8 Å². The Balaban J connectivity index is 1.01. The van der Waals surface area contributed by atoms with Gasteiger partial charge in [-0.1, -0.05) is 39.8 Å². The van der Waals surface area contributed by atoms with Crippen LogP contribution in [0.25, 0.3) is 0 Å². The third-order valence-electron chi connectivity index (χ3n) is 16.2. The molecule has 16 atom stereocenters. The zero-order valence-corrected chi connectivity index (χ0v) is 36.4. The Morgan fingerprint density at radius 1 is 0.724 bits per heavy atom. The number of sulfone groups is 1. The van der Waals surface area contributed by atoms with Gasteiger partial charge in [-0.15, -0.1) is 0 Å². The Morgan fingerprint density at radius 3 is 1.67 bits per heavy atom. The van der Waals surface area contributed by atoms with Crippen molar-refractivity contribution in [1.29, 1.82) is 0 Å². The lowest BCUT2D eigenvalue weighted by Crippen LogP contribution is -2.70. The highest BCUT2D eigenvalue weighted by molar-refractivity contribution is 7.91. The number of rotatable bonds is 9. The molecule has 324 valence electrons. The molecule has 1 aromatic carbocycles. The van der Waals surface area contributed by atoms with E-state index in [2.05, 4.69) is 27.7 Å². The number of ether oxygens (including phenoxy) is 5. The number of carbonyl (C=O) groups excluding carboxylic acids is 1. The summed E-state index contributed by atoms with van der Waals surface area (Å²) in [6.45, 7) is 13.0. The molecule has 1 amide bonds. The minimum absolute atomic E-state index is 0.0481. The summed E-state index contributed by atoms with van der Waals surface area (Å²) in [7, 11) is -0.544. The second-order valence-corrected chi connectivity index (χ2v) is 22.1. The molecule has 2 spiro atoms. The van der Waals surface area contributed by atoms with Crippen LogP contribution in [0.5, 0.6) is 0 Å². The minimum atomic E-state index is -3.78. The van der Waals surface area contributed by atoms with Crippen LogP contribution in [0.3, 0.4) is 0 Å². The lowest BCUT2D eigenvalue weighted by atomic mass is 9.56. The lowest BCUT2D eigenvalue weighted by molar-refractivity contribution is -0.571. The van der Waals surface area contributed by atoms with E-state index in [0.717, 1.165) is 51.4 Å². The van der Waals surface area contributed by atoms with Gasteiger partial charge in [0.15, 0.2) is 33.6 Å². The van der Waals surface area contributed by atoms with Crippen LogP contribution in [0.1, 0.15) is 111 Å². The van der Waals surface area contributed by atoms with Crippen molar-refractivity contribution in [2.75, 3.05) is 19.8 Å². The van der Waals surface area contributed by atoms with Crippen molar-refractivity contribution >= 4 is 15.9 Å². The van der Waals surface area contributed by atoms with Crippen LogP contribution in [0.2, 0.25) is 0 Å². The third kappa shape index (κ3) is 6.78. The zero-order valence-electron chi connectivity index (χ0n) is 35.6. The molecule has 8 heterocycles. The number of amides is 1. The molecule has 2 aliphatic carbocycles. The molecule has 1 aromatic rings. The first-order valence-electron chi connectivity index (χ1n) is 22.0. The first kappa shape index (κ1) is 41.5. The first-order chi connectivity index (χ1) is 27.5. The van der Waals surface area contributed by atoms with E-state index in [1.165, 1.54) is 4.90 Å². The highest BCUT2D eigenvalue weighted by Crippen LogP contribution is 2.63. The summed E-state index contributed by atoms with van der Waals surface area (Å²) < 4.78 is 61.9. The molecule has 13 nitrogen and oxygen atoms in total. The minimum Gasteiger partial charge on any atom is -0.445 e. The van der Waals surface area contributed by atoms with Gasteiger partial charge in [-0.3, -0.25) is 0 Å². The van der Waals surface area contributed by atoms with Crippen molar-refractivity contribution in [2.45, 2.75) is 165 Å². The molecule has 58 heavy (non-hydrogen) atoms. The van der Waals surface area contributed by atoms with Crippen molar-refractivity contribution in [2.24, 2.45) is 53.3 Å². The van der Waals surface area contributed by atoms with E-state index in [1.54, 1.807) is 38.4 Å². The number of benzene rings is 1. The van der Waals surface area contributed by atoms with Gasteiger partial charge in [0.05, 0.1) is 22.9 Å². The maximum Gasteiger partial charge on any atom is 0.409 e. The summed E-state index contributed by atoms with van der Waals surface area (Å²) in [4.78, 5) is 38.7. The van der Waals surface area contributed by atoms with Gasteiger partial charge in [-0.05, 0) is 124 Å². The SMILES string of the molecule is C[C@H]1[C@@H](CC(C[C@H]2O[C@@H]3O[C@]4(C)CC[C@H]5[C@H](C)CC[C@@H]([C@H]2C)C35OO4)CS(=O)(=O)c2ccc(COC(=O)N(C)C)cc2)O[C@@H]2O[C@]3(C)CC[C@H]4[C@H](C)CC[C@@H]1C24OO3. The quantitative estimate of drug-likeness (QED) is 0.227. The van der Waals surface area contributed by atoms with Crippen LogP contribution >= 0.6 is 0 Å². The topological polar surface area (TPSA) is 138 Å². The van der Waals surface area contributed by atoms with Crippen molar-refractivity contribution in [1.82, 2.24) is 4.90 Å². The predicted molar refractivity (Wildman–Crippen MR) is 209 cm³/mol. The average molecular weight is 832 g/mol. The number of carbonyl (C=O) groups is 1. The van der Waals surface area contributed by atoms with Gasteiger partial charge in [-0.2, -0.15) is 0 Å². The second kappa shape index (κ2) is 14.9. The van der Waals surface area contributed by atoms with Gasteiger partial charge in [0.25, 0.3) is 0 Å². The molecule has 8 saturated heterocycles. The normalized spacial score (nSPS) is 47.2. The molecule has 14 heteroatoms. The molecule has 0 radical (unpaired) electrons. The van der Waals surface area contributed by atoms with Crippen LogP contribution < -0.4 is 0 Å². The smallest absolute Gasteiger partial charge is 0.409 e. The Bertz CT molecular complexity index is 1730. The van der Waals surface area contributed by atoms with Crippen LogP contribution in [0.4, 0.5) is 4.79 Å². The Kier molecular flexibility index (Phi) is 10.6. The average Bonchev–Trinajstić information content (AvgIpc) is 3.56. The van der Waals surface area contributed by atoms with Crippen LogP contribution in [-0.2, 0) is 59.7 Å². The Labute approximate surface area is 344 Å². The molecular weight excluding hydrogens is 767 g/mol. The fourth-order valence-corrected chi connectivity index (χ4v) is 14.5. The highest BCUT2D eigenvalue weighted by atomic mass is 32.2. The molecule has 2 saturated carbocycles. The summed E-state index contributed by atoms with van der Waals surface area (Å²) in [5.74, 6) is -0.463. The molecule has 0 aromatic heterocycles. The van der Waals surface area contributed by atoms with E-state index < -0.39 is 51.3 Å². The fraction of sp³-hybridized carbons (Fsp3) is 0.841. The maximum absolute atomic E-state index is 14.5. The van der Waals surface area contributed by atoms with Gasteiger partial charge in [0.2, 0.25) is 11.6 Å². The van der Waals surface area contributed by atoms with Crippen LogP contribution in [0.15, 0.2) is 29.2 Å². The lowest BCUT2D eigenvalue weighted by Gasteiger charge is -2.61. The Hall–Kier alpha value is -1.88. The largest absolute Gasteiger partial charge is 0.445 e. The highest BCUT2D eigenvalue weighted by Gasteiger charge is 2.71. The molecule has 0 N–H and O–H groups in total. The predicted octanol–water partition coefficient (Wildman–Crippen LogP) is 7.56. The molecule has 2 unspecified atom stereocenters. The summed E-state index contributed by atoms with van der Waals surface area (Å²) >= 11 is 0. The van der Waals surface area contributed by atoms with Crippen molar-refractivity contribution in [3.8, 4) is 0 Å². The molecule has 8 aliphatic heterocycles. The Morgan fingerprint density at radius 2 is 1.21 bits per heavy atom. The van der Waals surface area contributed by atoms with E-state index in [4.69, 9.17) is 43.2 Å². The molecule has 10 aliphatic rings. The van der Waals surface area contributed by atoms with E-state index in [0.29, 0.717) is 30.2 Å². The molecule has 4 bridgehead atoms. The summed E-state index contributed by atoms with van der Waals surface area (Å²) in [6, 6.07) is 6.66. The zero-order chi connectivity index (χ0) is 41.0. The van der Waals surface area contributed by atoms with Gasteiger partial charge in [-0.25, -0.2) is 32.8 Å². The van der Waals surface area contributed by atoms with Gasteiger partial charge in [0.1, 0.15) is 6.61 Å². The number of nitrogens with zero attached hydrogens (tertiary/aromatic N) is 1. The number of hydrogen-bond donors (Lipinski definition) is 0. The van der Waals surface area contributed by atoms with Gasteiger partial charge >= 0.3 is 6.09 Å². The van der Waals surface area contributed by atoms with Crippen LogP contribution in [-0.4, -0.2) is 86.8 Å². The standard InChI is InChI=1S/C44H65NO12S/c1-25-9-15-34-27(3)36(50-38-43(34)32(25)17-19-41(5,52-38)54-56-43)21-30(24-58(47,48)31-13-11-29(12-14-31)23-49-40(46)45(7)8)22-37-28(4)35-16-10-26(2)33-18-20-42(6)53-39(51-37)44(33,35)57-55-42/h11-14,25-28,30,32-39H,9-10,15-24H2,1-8H3/t25-,26-,27-,28-,30?,32+,33+,34+,35+,36-,37-,38-,39-,41+,42+,43?,44?/m1/s1. The van der Waals surface area contributed by atoms with Crippen molar-refractivity contribution < 1.29 is 56.4 Å². The monoisotopic (exact) mass is 831 g/mol. The van der Waals surface area contributed by atoms with Gasteiger partial charge in [0, 0.05) is 38.8 Å². The van der Waals surface area contributed by atoms with Crippen molar-refractivity contribution in [3.63, 3.8) is 0 Å². The third-order valence-corrected chi connectivity index (χ3v) is 18.1.